The van der Waals surface area contributed by atoms with Crippen molar-refractivity contribution in [1.29, 1.82) is 0 Å². The standard InChI is InChI=1S/C11H12F3N3/c1-7-4-5-8(2)16(7)10-6-9(3)17(15-10)11(12,13)14/h4-6H,1-3H3. The topological polar surface area (TPSA) is 22.8 Å². The van der Waals surface area contributed by atoms with Crippen LogP contribution >= 0.6 is 0 Å². The van der Waals surface area contributed by atoms with E-state index in [0.29, 0.717) is 5.82 Å². The number of aryl methyl sites for hydroxylation is 3. The van der Waals surface area contributed by atoms with Crippen LogP contribution in [0.3, 0.4) is 0 Å². The van der Waals surface area contributed by atoms with Crippen LogP contribution in [0.25, 0.3) is 5.82 Å². The molecular formula is C11H12F3N3. The zero-order chi connectivity index (χ0) is 12.8. The summed E-state index contributed by atoms with van der Waals surface area (Å²) in [6.45, 7) is 5.04. The molecule has 92 valence electrons. The minimum absolute atomic E-state index is 0.0694. The second kappa shape index (κ2) is 3.65. The molecule has 0 spiro atoms. The fourth-order valence-corrected chi connectivity index (χ4v) is 1.85. The van der Waals surface area contributed by atoms with E-state index in [1.54, 1.807) is 4.57 Å². The van der Waals surface area contributed by atoms with Crippen molar-refractivity contribution in [2.75, 3.05) is 0 Å². The minimum Gasteiger partial charge on any atom is -0.302 e. The van der Waals surface area contributed by atoms with E-state index in [-0.39, 0.29) is 10.4 Å². The first kappa shape index (κ1) is 11.8. The molecule has 6 heteroatoms. The molecule has 0 aliphatic heterocycles. The molecule has 0 fully saturated rings. The van der Waals surface area contributed by atoms with E-state index >= 15 is 0 Å². The molecule has 0 saturated carbocycles. The molecule has 0 bridgehead atoms. The predicted molar refractivity (Wildman–Crippen MR) is 57.1 cm³/mol. The molecule has 2 heterocycles. The third kappa shape index (κ3) is 1.94. The Morgan fingerprint density at radius 1 is 1.00 bits per heavy atom. The Hall–Kier alpha value is -1.72. The highest BCUT2D eigenvalue weighted by Crippen LogP contribution is 2.25. The van der Waals surface area contributed by atoms with Crippen LogP contribution in [-0.4, -0.2) is 14.3 Å². The second-order valence-corrected chi connectivity index (χ2v) is 3.98. The van der Waals surface area contributed by atoms with Crippen LogP contribution in [0.2, 0.25) is 0 Å². The number of hydrogen-bond acceptors (Lipinski definition) is 1. The molecular weight excluding hydrogens is 231 g/mol. The van der Waals surface area contributed by atoms with E-state index in [9.17, 15) is 13.2 Å². The molecule has 0 amide bonds. The monoisotopic (exact) mass is 243 g/mol. The van der Waals surface area contributed by atoms with Crippen LogP contribution < -0.4 is 0 Å². The number of aromatic nitrogens is 3. The van der Waals surface area contributed by atoms with E-state index in [0.717, 1.165) is 11.4 Å². The van der Waals surface area contributed by atoms with Gasteiger partial charge in [-0.25, -0.2) is 0 Å². The molecule has 2 aromatic rings. The van der Waals surface area contributed by atoms with Crippen molar-refractivity contribution in [3.8, 4) is 5.82 Å². The molecule has 0 atom stereocenters. The Labute approximate surface area is 96.5 Å². The van der Waals surface area contributed by atoms with Gasteiger partial charge in [0.1, 0.15) is 0 Å². The summed E-state index contributed by atoms with van der Waals surface area (Å²) < 4.78 is 39.6. The Morgan fingerprint density at radius 3 is 1.94 bits per heavy atom. The van der Waals surface area contributed by atoms with Gasteiger partial charge in [-0.3, -0.25) is 0 Å². The SMILES string of the molecule is Cc1cc(-n2c(C)ccc2C)nn1C(F)(F)F. The first-order valence-corrected chi connectivity index (χ1v) is 5.10. The predicted octanol–water partition coefficient (Wildman–Crippen LogP) is 3.08. The largest absolute Gasteiger partial charge is 0.504 e. The van der Waals surface area contributed by atoms with Crippen molar-refractivity contribution in [3.63, 3.8) is 0 Å². The highest BCUT2D eigenvalue weighted by atomic mass is 19.4. The van der Waals surface area contributed by atoms with Gasteiger partial charge in [-0.15, -0.1) is 18.3 Å². The van der Waals surface area contributed by atoms with Crippen molar-refractivity contribution in [2.45, 2.75) is 27.1 Å². The molecule has 0 aromatic carbocycles. The summed E-state index contributed by atoms with van der Waals surface area (Å²) in [6.07, 6.45) is -4.47. The lowest BCUT2D eigenvalue weighted by Gasteiger charge is -2.08. The maximum atomic E-state index is 12.6. The first-order valence-electron chi connectivity index (χ1n) is 5.10. The second-order valence-electron chi connectivity index (χ2n) is 3.98. The smallest absolute Gasteiger partial charge is 0.302 e. The van der Waals surface area contributed by atoms with Crippen molar-refractivity contribution in [3.05, 3.63) is 35.3 Å². The average Bonchev–Trinajstić information content (AvgIpc) is 2.69. The molecule has 17 heavy (non-hydrogen) atoms. The first-order chi connectivity index (χ1) is 7.80. The molecule has 2 aromatic heterocycles. The highest BCUT2D eigenvalue weighted by molar-refractivity contribution is 5.32. The summed E-state index contributed by atoms with van der Waals surface area (Å²) in [5, 5.41) is 3.60. The molecule has 0 unspecified atom stereocenters. The zero-order valence-corrected chi connectivity index (χ0v) is 9.71. The number of nitrogens with zero attached hydrogens (tertiary/aromatic N) is 3. The van der Waals surface area contributed by atoms with Gasteiger partial charge in [0.2, 0.25) is 0 Å². The highest BCUT2D eigenvalue weighted by Gasteiger charge is 2.34. The number of rotatable bonds is 1. The lowest BCUT2D eigenvalue weighted by atomic mass is 10.4. The van der Waals surface area contributed by atoms with Crippen LogP contribution in [0.1, 0.15) is 17.1 Å². The maximum absolute atomic E-state index is 12.6. The Balaban J connectivity index is 2.56. The lowest BCUT2D eigenvalue weighted by Crippen LogP contribution is -2.19. The van der Waals surface area contributed by atoms with E-state index < -0.39 is 6.30 Å². The van der Waals surface area contributed by atoms with Gasteiger partial charge in [-0.05, 0) is 32.9 Å². The zero-order valence-electron chi connectivity index (χ0n) is 9.71. The molecule has 0 aliphatic rings. The summed E-state index contributed by atoms with van der Waals surface area (Å²) in [7, 11) is 0. The lowest BCUT2D eigenvalue weighted by molar-refractivity contribution is -0.213. The summed E-state index contributed by atoms with van der Waals surface area (Å²) in [5.41, 5.74) is 1.78. The number of alkyl halides is 3. The van der Waals surface area contributed by atoms with Gasteiger partial charge < -0.3 is 4.57 Å². The fraction of sp³-hybridized carbons (Fsp3) is 0.364. The van der Waals surface area contributed by atoms with Gasteiger partial charge in [-0.1, -0.05) is 0 Å². The number of halogens is 3. The van der Waals surface area contributed by atoms with Gasteiger partial charge in [-0.2, -0.15) is 4.68 Å². The van der Waals surface area contributed by atoms with Crippen LogP contribution in [0.15, 0.2) is 18.2 Å². The molecule has 2 rings (SSSR count). The average molecular weight is 243 g/mol. The molecule has 3 nitrogen and oxygen atoms in total. The third-order valence-electron chi connectivity index (χ3n) is 2.61. The van der Waals surface area contributed by atoms with Gasteiger partial charge in [0.25, 0.3) is 0 Å². The van der Waals surface area contributed by atoms with Crippen molar-refractivity contribution < 1.29 is 13.2 Å². The van der Waals surface area contributed by atoms with Gasteiger partial charge >= 0.3 is 6.30 Å². The van der Waals surface area contributed by atoms with E-state index in [2.05, 4.69) is 5.10 Å². The minimum atomic E-state index is -4.47. The maximum Gasteiger partial charge on any atom is 0.504 e. The van der Waals surface area contributed by atoms with E-state index in [1.807, 2.05) is 26.0 Å². The van der Waals surface area contributed by atoms with Gasteiger partial charge in [0, 0.05) is 23.1 Å². The quantitative estimate of drug-likeness (QED) is 0.754. The van der Waals surface area contributed by atoms with Gasteiger partial charge in [0.05, 0.1) is 0 Å². The van der Waals surface area contributed by atoms with Crippen LogP contribution in [-0.2, 0) is 6.30 Å². The van der Waals surface area contributed by atoms with Crippen LogP contribution in [0.5, 0.6) is 0 Å². The molecule has 0 radical (unpaired) electrons. The summed E-state index contributed by atoms with van der Waals surface area (Å²) in [5.74, 6) is 0.292. The fourth-order valence-electron chi connectivity index (χ4n) is 1.85. The normalized spacial score (nSPS) is 12.1. The summed E-state index contributed by atoms with van der Waals surface area (Å²) >= 11 is 0. The van der Waals surface area contributed by atoms with Crippen molar-refractivity contribution >= 4 is 0 Å². The van der Waals surface area contributed by atoms with E-state index in [1.165, 1.54) is 13.0 Å². The van der Waals surface area contributed by atoms with E-state index in [4.69, 9.17) is 0 Å². The summed E-state index contributed by atoms with van der Waals surface area (Å²) in [6, 6.07) is 5.11. The van der Waals surface area contributed by atoms with Crippen molar-refractivity contribution in [1.82, 2.24) is 14.3 Å². The molecule has 0 N–H and O–H groups in total. The van der Waals surface area contributed by atoms with Crippen molar-refractivity contribution in [2.24, 2.45) is 0 Å². The molecule has 0 saturated heterocycles. The number of hydrogen-bond donors (Lipinski definition) is 0. The Kier molecular flexibility index (Phi) is 2.52. The Bertz CT molecular complexity index is 529. The Morgan fingerprint density at radius 2 is 1.53 bits per heavy atom. The summed E-state index contributed by atoms with van der Waals surface area (Å²) in [4.78, 5) is 0. The van der Waals surface area contributed by atoms with Gasteiger partial charge in [0.15, 0.2) is 5.82 Å². The van der Waals surface area contributed by atoms with Crippen LogP contribution in [0.4, 0.5) is 13.2 Å². The van der Waals surface area contributed by atoms with Crippen LogP contribution in [0, 0.1) is 20.8 Å². The molecule has 0 aliphatic carbocycles. The third-order valence-corrected chi connectivity index (χ3v) is 2.61.